The quantitative estimate of drug-likeness (QED) is 0.893. The highest BCUT2D eigenvalue weighted by molar-refractivity contribution is 8.14. The maximum Gasteiger partial charge on any atom is 0.161 e. The maximum absolute atomic E-state index is 4.69. The molecule has 4 heteroatoms. The van der Waals surface area contributed by atoms with Gasteiger partial charge in [-0.2, -0.15) is 0 Å². The SMILES string of the molecule is CC1CC(C)SC(Nc2ccc(N3CCCC3)cc2)=N1. The summed E-state index contributed by atoms with van der Waals surface area (Å²) in [5.41, 5.74) is 2.48. The first-order valence-electron chi connectivity index (χ1n) is 7.57. The van der Waals surface area contributed by atoms with Crippen LogP contribution in [0.15, 0.2) is 29.3 Å². The van der Waals surface area contributed by atoms with Crippen molar-refractivity contribution >= 4 is 28.3 Å². The highest BCUT2D eigenvalue weighted by Crippen LogP contribution is 2.27. The lowest BCUT2D eigenvalue weighted by Gasteiger charge is -2.23. The number of rotatable bonds is 2. The Morgan fingerprint density at radius 1 is 1.15 bits per heavy atom. The molecule has 0 spiro atoms. The molecule has 2 aliphatic rings. The summed E-state index contributed by atoms with van der Waals surface area (Å²) in [7, 11) is 0. The average Bonchev–Trinajstić information content (AvgIpc) is 2.92. The number of amidine groups is 1. The van der Waals surface area contributed by atoms with E-state index in [-0.39, 0.29) is 0 Å². The fourth-order valence-electron chi connectivity index (χ4n) is 2.92. The minimum atomic E-state index is 0.428. The molecule has 1 aromatic rings. The van der Waals surface area contributed by atoms with Crippen LogP contribution in [0.4, 0.5) is 11.4 Å². The molecular formula is C16H23N3S. The average molecular weight is 289 g/mol. The van der Waals surface area contributed by atoms with Gasteiger partial charge in [-0.05, 0) is 50.5 Å². The van der Waals surface area contributed by atoms with E-state index < -0.39 is 0 Å². The van der Waals surface area contributed by atoms with Crippen LogP contribution in [0.1, 0.15) is 33.1 Å². The van der Waals surface area contributed by atoms with Crippen molar-refractivity contribution in [2.45, 2.75) is 44.4 Å². The van der Waals surface area contributed by atoms with Gasteiger partial charge in [0.15, 0.2) is 5.17 Å². The van der Waals surface area contributed by atoms with Crippen molar-refractivity contribution in [3.05, 3.63) is 24.3 Å². The van der Waals surface area contributed by atoms with Crippen LogP contribution in [0.25, 0.3) is 0 Å². The van der Waals surface area contributed by atoms with Crippen LogP contribution in [0.3, 0.4) is 0 Å². The summed E-state index contributed by atoms with van der Waals surface area (Å²) >= 11 is 1.84. The molecule has 3 rings (SSSR count). The van der Waals surface area contributed by atoms with Crippen molar-refractivity contribution in [1.82, 2.24) is 0 Å². The molecule has 2 unspecified atom stereocenters. The number of hydrogen-bond donors (Lipinski definition) is 1. The predicted octanol–water partition coefficient (Wildman–Crippen LogP) is 3.97. The van der Waals surface area contributed by atoms with E-state index in [2.05, 4.69) is 53.3 Å². The molecule has 1 saturated heterocycles. The van der Waals surface area contributed by atoms with Crippen LogP contribution in [-0.2, 0) is 0 Å². The fraction of sp³-hybridized carbons (Fsp3) is 0.562. The Morgan fingerprint density at radius 2 is 1.85 bits per heavy atom. The number of nitrogens with one attached hydrogen (secondary N) is 1. The Hall–Kier alpha value is -1.16. The molecule has 20 heavy (non-hydrogen) atoms. The van der Waals surface area contributed by atoms with Gasteiger partial charge in [0.1, 0.15) is 0 Å². The molecule has 3 nitrogen and oxygen atoms in total. The molecule has 0 aliphatic carbocycles. The second kappa shape index (κ2) is 6.08. The van der Waals surface area contributed by atoms with E-state index in [1.807, 2.05) is 11.8 Å². The number of thioether (sulfide) groups is 1. The minimum absolute atomic E-state index is 0.428. The zero-order chi connectivity index (χ0) is 13.9. The van der Waals surface area contributed by atoms with Gasteiger partial charge in [0.05, 0.1) is 6.04 Å². The molecule has 0 amide bonds. The number of aliphatic imine (C=N–C) groups is 1. The van der Waals surface area contributed by atoms with Gasteiger partial charge in [-0.15, -0.1) is 0 Å². The van der Waals surface area contributed by atoms with Gasteiger partial charge in [-0.3, -0.25) is 4.99 Å². The number of benzene rings is 1. The van der Waals surface area contributed by atoms with Crippen molar-refractivity contribution in [1.29, 1.82) is 0 Å². The zero-order valence-electron chi connectivity index (χ0n) is 12.3. The summed E-state index contributed by atoms with van der Waals surface area (Å²) in [6.07, 6.45) is 3.82. The van der Waals surface area contributed by atoms with Crippen LogP contribution >= 0.6 is 11.8 Å². The summed E-state index contributed by atoms with van der Waals surface area (Å²) in [4.78, 5) is 7.15. The molecule has 1 aromatic carbocycles. The molecule has 2 atom stereocenters. The number of anilines is 2. The summed E-state index contributed by atoms with van der Waals surface area (Å²) in [6, 6.07) is 9.20. The van der Waals surface area contributed by atoms with Crippen LogP contribution in [0.2, 0.25) is 0 Å². The monoisotopic (exact) mass is 289 g/mol. The normalized spacial score (nSPS) is 26.5. The van der Waals surface area contributed by atoms with Gasteiger partial charge in [0.2, 0.25) is 0 Å². The summed E-state index contributed by atoms with van der Waals surface area (Å²) < 4.78 is 0. The fourth-order valence-corrected chi connectivity index (χ4v) is 4.09. The first-order valence-corrected chi connectivity index (χ1v) is 8.45. The Labute approximate surface area is 125 Å². The van der Waals surface area contributed by atoms with Crippen molar-refractivity contribution in [2.24, 2.45) is 4.99 Å². The van der Waals surface area contributed by atoms with Gasteiger partial charge in [-0.1, -0.05) is 18.7 Å². The number of nitrogens with zero attached hydrogens (tertiary/aromatic N) is 2. The van der Waals surface area contributed by atoms with E-state index in [1.54, 1.807) is 0 Å². The molecule has 1 fully saturated rings. The highest BCUT2D eigenvalue weighted by atomic mass is 32.2. The maximum atomic E-state index is 4.69. The van der Waals surface area contributed by atoms with Gasteiger partial charge in [0.25, 0.3) is 0 Å². The Balaban J connectivity index is 1.66. The second-order valence-electron chi connectivity index (χ2n) is 5.81. The van der Waals surface area contributed by atoms with Crippen molar-refractivity contribution < 1.29 is 0 Å². The molecule has 2 aliphatic heterocycles. The van der Waals surface area contributed by atoms with E-state index in [9.17, 15) is 0 Å². The van der Waals surface area contributed by atoms with E-state index in [4.69, 9.17) is 0 Å². The summed E-state index contributed by atoms with van der Waals surface area (Å²) in [5, 5.41) is 5.16. The third-order valence-electron chi connectivity index (χ3n) is 3.91. The van der Waals surface area contributed by atoms with Gasteiger partial charge in [-0.25, -0.2) is 0 Å². The highest BCUT2D eigenvalue weighted by Gasteiger charge is 2.18. The topological polar surface area (TPSA) is 27.6 Å². The summed E-state index contributed by atoms with van der Waals surface area (Å²) in [5.74, 6) is 0. The zero-order valence-corrected chi connectivity index (χ0v) is 13.1. The molecular weight excluding hydrogens is 266 g/mol. The molecule has 108 valence electrons. The largest absolute Gasteiger partial charge is 0.372 e. The first-order chi connectivity index (χ1) is 9.70. The van der Waals surface area contributed by atoms with Gasteiger partial charge in [0, 0.05) is 29.7 Å². The van der Waals surface area contributed by atoms with Crippen LogP contribution < -0.4 is 10.2 Å². The smallest absolute Gasteiger partial charge is 0.161 e. The van der Waals surface area contributed by atoms with E-state index in [0.29, 0.717) is 11.3 Å². The van der Waals surface area contributed by atoms with E-state index in [0.717, 1.165) is 10.9 Å². The third-order valence-corrected chi connectivity index (χ3v) is 4.94. The number of hydrogen-bond acceptors (Lipinski definition) is 4. The lowest BCUT2D eigenvalue weighted by atomic mass is 10.2. The molecule has 0 saturated carbocycles. The van der Waals surface area contributed by atoms with Crippen LogP contribution in [0.5, 0.6) is 0 Å². The molecule has 1 N–H and O–H groups in total. The molecule has 0 bridgehead atoms. The third kappa shape index (κ3) is 3.29. The molecule has 0 radical (unpaired) electrons. The Morgan fingerprint density at radius 3 is 2.50 bits per heavy atom. The molecule has 0 aromatic heterocycles. The second-order valence-corrected chi connectivity index (χ2v) is 7.24. The lowest BCUT2D eigenvalue weighted by molar-refractivity contribution is 0.661. The molecule has 2 heterocycles. The Bertz CT molecular complexity index is 477. The standard InChI is InChI=1S/C16H23N3S/c1-12-11-13(2)20-16(17-12)18-14-5-7-15(8-6-14)19-9-3-4-10-19/h5-8,12-13H,3-4,9-11H2,1-2H3,(H,17,18). The lowest BCUT2D eigenvalue weighted by Crippen LogP contribution is -2.22. The summed E-state index contributed by atoms with van der Waals surface area (Å²) in [6.45, 7) is 6.86. The van der Waals surface area contributed by atoms with Crippen molar-refractivity contribution in [3.8, 4) is 0 Å². The van der Waals surface area contributed by atoms with Gasteiger partial charge < -0.3 is 10.2 Å². The van der Waals surface area contributed by atoms with Crippen LogP contribution in [0, 0.1) is 0 Å². The van der Waals surface area contributed by atoms with Crippen molar-refractivity contribution in [2.75, 3.05) is 23.3 Å². The minimum Gasteiger partial charge on any atom is -0.372 e. The van der Waals surface area contributed by atoms with Gasteiger partial charge >= 0.3 is 0 Å². The Kier molecular flexibility index (Phi) is 4.20. The first kappa shape index (κ1) is 13.8. The van der Waals surface area contributed by atoms with E-state index >= 15 is 0 Å². The van der Waals surface area contributed by atoms with Crippen LogP contribution in [-0.4, -0.2) is 29.5 Å². The van der Waals surface area contributed by atoms with E-state index in [1.165, 1.54) is 38.0 Å². The predicted molar refractivity (Wildman–Crippen MR) is 90.1 cm³/mol. The van der Waals surface area contributed by atoms with Crippen molar-refractivity contribution in [3.63, 3.8) is 0 Å².